The van der Waals surface area contributed by atoms with E-state index in [0.29, 0.717) is 34.8 Å². The van der Waals surface area contributed by atoms with Gasteiger partial charge in [0.25, 0.3) is 0 Å². The van der Waals surface area contributed by atoms with Gasteiger partial charge >= 0.3 is 12.0 Å². The number of carboxylic acids is 1. The van der Waals surface area contributed by atoms with Gasteiger partial charge in [-0.05, 0) is 37.0 Å². The number of fused-ring (bicyclic) bond motifs is 1. The van der Waals surface area contributed by atoms with E-state index >= 15 is 0 Å². The quantitative estimate of drug-likeness (QED) is 0.264. The lowest BCUT2D eigenvalue weighted by molar-refractivity contribution is -0.228. The molecule has 1 aliphatic heterocycles. The second kappa shape index (κ2) is 12.6. The summed E-state index contributed by atoms with van der Waals surface area (Å²) in [6.45, 7) is 0. The Morgan fingerprint density at radius 3 is 2.73 bits per heavy atom. The Morgan fingerprint density at radius 1 is 1.20 bits per heavy atom. The van der Waals surface area contributed by atoms with Gasteiger partial charge in [-0.1, -0.05) is 25.0 Å². The highest BCUT2D eigenvalue weighted by Gasteiger charge is 2.42. The molecule has 234 valence electrons. The minimum absolute atomic E-state index is 0.00644. The van der Waals surface area contributed by atoms with Crippen molar-refractivity contribution in [2.75, 3.05) is 11.9 Å². The number of aliphatic carboxylic acids is 1. The topological polar surface area (TPSA) is 189 Å². The number of para-hydroxylation sites is 2. The van der Waals surface area contributed by atoms with Gasteiger partial charge in [-0.2, -0.15) is 10.4 Å². The lowest BCUT2D eigenvalue weighted by Crippen LogP contribution is -2.53. The Bertz CT molecular complexity index is 1740. The molecule has 2 fully saturated rings. The van der Waals surface area contributed by atoms with Crippen molar-refractivity contribution in [1.82, 2.24) is 24.3 Å². The van der Waals surface area contributed by atoms with Crippen molar-refractivity contribution < 1.29 is 34.4 Å². The highest BCUT2D eigenvalue weighted by Crippen LogP contribution is 2.37. The van der Waals surface area contributed by atoms with Crippen LogP contribution in [0.3, 0.4) is 0 Å². The van der Waals surface area contributed by atoms with E-state index in [1.54, 1.807) is 49.8 Å². The van der Waals surface area contributed by atoms with E-state index in [1.807, 2.05) is 10.9 Å². The van der Waals surface area contributed by atoms with Crippen LogP contribution < -0.4 is 9.64 Å². The number of anilines is 1. The molecule has 1 aliphatic carbocycles. The summed E-state index contributed by atoms with van der Waals surface area (Å²) in [4.78, 5) is 35.5. The number of nitrogens with zero attached hydrogens (tertiary/aromatic N) is 7. The van der Waals surface area contributed by atoms with Gasteiger partial charge in [0.15, 0.2) is 11.8 Å². The molecule has 0 unspecified atom stereocenters. The van der Waals surface area contributed by atoms with Gasteiger partial charge in [-0.25, -0.2) is 19.6 Å². The second-order valence-corrected chi connectivity index (χ2v) is 11.4. The summed E-state index contributed by atoms with van der Waals surface area (Å²) in [6, 6.07) is 10.2. The molecule has 6 rings (SSSR count). The second-order valence-electron chi connectivity index (χ2n) is 11.4. The number of carbonyl (C=O) groups excluding carboxylic acids is 1. The highest BCUT2D eigenvalue weighted by molar-refractivity contribution is 6.02. The lowest BCUT2D eigenvalue weighted by atomic mass is 9.96. The van der Waals surface area contributed by atoms with Gasteiger partial charge in [-0.3, -0.25) is 14.1 Å². The van der Waals surface area contributed by atoms with Crippen molar-refractivity contribution >= 4 is 28.7 Å². The van der Waals surface area contributed by atoms with Crippen LogP contribution in [0.25, 0.3) is 22.3 Å². The molecular formula is C31H33N7O7. The summed E-state index contributed by atoms with van der Waals surface area (Å²) in [5, 5.41) is 44.2. The SMILES string of the molecule is CN(C(=O)n1ccc2c(-c3cnn([C@H](CC#N)C4CCCC4)c3)ncnc21)c1ccccc1O[C@H]1C[C@@H](O)[C@H](O)[C@@H](C(=O)O)O1. The zero-order valence-corrected chi connectivity index (χ0v) is 24.5. The van der Waals surface area contributed by atoms with Crippen molar-refractivity contribution in [1.29, 1.82) is 5.26 Å². The first kappa shape index (κ1) is 30.2. The number of ether oxygens (including phenoxy) is 2. The average molecular weight is 616 g/mol. The van der Waals surface area contributed by atoms with Crippen LogP contribution in [-0.2, 0) is 9.53 Å². The summed E-state index contributed by atoms with van der Waals surface area (Å²) >= 11 is 0. The fraction of sp³-hybridized carbons (Fsp3) is 0.419. The number of aromatic nitrogens is 5. The molecule has 14 heteroatoms. The van der Waals surface area contributed by atoms with Gasteiger partial charge in [0.05, 0.1) is 42.2 Å². The largest absolute Gasteiger partial charge is 0.479 e. The van der Waals surface area contributed by atoms with Crippen molar-refractivity contribution in [3.8, 4) is 23.1 Å². The highest BCUT2D eigenvalue weighted by atomic mass is 16.7. The van der Waals surface area contributed by atoms with Gasteiger partial charge in [-0.15, -0.1) is 0 Å². The van der Waals surface area contributed by atoms with Crippen LogP contribution in [0.15, 0.2) is 55.2 Å². The third-order valence-corrected chi connectivity index (χ3v) is 8.60. The zero-order chi connectivity index (χ0) is 31.7. The molecule has 45 heavy (non-hydrogen) atoms. The average Bonchev–Trinajstić information content (AvgIpc) is 3.82. The molecule has 14 nitrogen and oxygen atoms in total. The minimum Gasteiger partial charge on any atom is -0.479 e. The van der Waals surface area contributed by atoms with Crippen molar-refractivity contribution in [3.63, 3.8) is 0 Å². The van der Waals surface area contributed by atoms with Gasteiger partial charge in [0.2, 0.25) is 6.29 Å². The van der Waals surface area contributed by atoms with Crippen molar-refractivity contribution in [2.24, 2.45) is 5.92 Å². The smallest absolute Gasteiger partial charge is 0.335 e. The normalized spacial score (nSPS) is 22.6. The molecule has 0 radical (unpaired) electrons. The summed E-state index contributed by atoms with van der Waals surface area (Å²) in [6.07, 6.45) is 5.47. The zero-order valence-electron chi connectivity index (χ0n) is 24.5. The Balaban J connectivity index is 1.25. The number of rotatable bonds is 8. The summed E-state index contributed by atoms with van der Waals surface area (Å²) < 4.78 is 14.5. The third kappa shape index (κ3) is 5.85. The van der Waals surface area contributed by atoms with Gasteiger partial charge in [0, 0.05) is 36.8 Å². The van der Waals surface area contributed by atoms with Crippen LogP contribution in [0.5, 0.6) is 5.75 Å². The molecule has 1 saturated carbocycles. The monoisotopic (exact) mass is 615 g/mol. The number of carboxylic acid groups (broad SMARTS) is 1. The van der Waals surface area contributed by atoms with Crippen molar-refractivity contribution in [3.05, 3.63) is 55.2 Å². The number of amides is 1. The lowest BCUT2D eigenvalue weighted by Gasteiger charge is -2.35. The maximum absolute atomic E-state index is 13.8. The third-order valence-electron chi connectivity index (χ3n) is 8.60. The van der Waals surface area contributed by atoms with E-state index in [1.165, 1.54) is 15.8 Å². The molecule has 4 aromatic rings. The molecule has 4 heterocycles. The predicted octanol–water partition coefficient (Wildman–Crippen LogP) is 3.34. The molecule has 1 aromatic carbocycles. The van der Waals surface area contributed by atoms with Gasteiger partial charge in [0.1, 0.15) is 18.2 Å². The van der Waals surface area contributed by atoms with Crippen LogP contribution >= 0.6 is 0 Å². The van der Waals surface area contributed by atoms with E-state index in [4.69, 9.17) is 9.47 Å². The maximum Gasteiger partial charge on any atom is 0.335 e. The molecule has 0 bridgehead atoms. The first-order valence-electron chi connectivity index (χ1n) is 14.8. The molecule has 2 aliphatic rings. The van der Waals surface area contributed by atoms with Crippen LogP contribution in [0.1, 0.15) is 44.6 Å². The first-order valence-corrected chi connectivity index (χ1v) is 14.8. The number of aliphatic hydroxyl groups excluding tert-OH is 2. The minimum atomic E-state index is -1.67. The Labute approximate surface area is 258 Å². The molecule has 3 N–H and O–H groups in total. The van der Waals surface area contributed by atoms with E-state index < -0.39 is 36.6 Å². The molecule has 3 aromatic heterocycles. The Kier molecular flexibility index (Phi) is 8.48. The van der Waals surface area contributed by atoms with Crippen LogP contribution in [0.4, 0.5) is 10.5 Å². The number of aliphatic hydroxyl groups is 2. The van der Waals surface area contributed by atoms with E-state index in [-0.39, 0.29) is 18.2 Å². The first-order chi connectivity index (χ1) is 21.8. The molecule has 1 amide bonds. The summed E-state index contributed by atoms with van der Waals surface area (Å²) in [5.41, 5.74) is 2.09. The number of hydrogen-bond acceptors (Lipinski definition) is 10. The van der Waals surface area contributed by atoms with E-state index in [9.17, 15) is 30.2 Å². The number of hydrogen-bond donors (Lipinski definition) is 3. The number of benzene rings is 1. The fourth-order valence-corrected chi connectivity index (χ4v) is 6.25. The molecule has 0 spiro atoms. The fourth-order valence-electron chi connectivity index (χ4n) is 6.25. The molecule has 1 saturated heterocycles. The maximum atomic E-state index is 13.8. The van der Waals surface area contributed by atoms with Crippen LogP contribution in [0.2, 0.25) is 0 Å². The number of nitriles is 1. The van der Waals surface area contributed by atoms with E-state index in [0.717, 1.165) is 31.2 Å². The molecular weight excluding hydrogens is 582 g/mol. The molecule has 5 atom stereocenters. The Hall–Kier alpha value is -4.84. The van der Waals surface area contributed by atoms with Crippen LogP contribution in [0, 0.1) is 17.2 Å². The van der Waals surface area contributed by atoms with E-state index in [2.05, 4.69) is 21.1 Å². The standard InChI is InChI=1S/C31H33N7O7/c1-36(22-8-4-5-9-24(22)44-25-14-23(39)27(40)28(45-25)30(41)42)31(43)37-13-11-20-26(33-17-34-29(20)37)19-15-35-38(16-19)21(10-12-32)18-6-2-3-7-18/h4-5,8-9,11,13,15-18,21,23,25,27-28,39-40H,2-3,6-7,10,14H2,1H3,(H,41,42)/t21-,23-,25-,27+,28+/m1/s1. The number of carbonyl (C=O) groups is 2. The van der Waals surface area contributed by atoms with Gasteiger partial charge < -0.3 is 24.8 Å². The summed E-state index contributed by atoms with van der Waals surface area (Å²) in [7, 11) is 1.56. The summed E-state index contributed by atoms with van der Waals surface area (Å²) in [5.74, 6) is -0.817. The predicted molar refractivity (Wildman–Crippen MR) is 159 cm³/mol. The Morgan fingerprint density at radius 2 is 1.98 bits per heavy atom. The van der Waals surface area contributed by atoms with Crippen molar-refractivity contribution in [2.45, 2.75) is 69.2 Å². The van der Waals surface area contributed by atoms with Crippen LogP contribution in [-0.4, -0.2) is 83.3 Å².